The van der Waals surface area contributed by atoms with Crippen LogP contribution >= 0.6 is 11.3 Å². The van der Waals surface area contributed by atoms with E-state index in [1.807, 2.05) is 11.7 Å². The standard InChI is InChI=1S/C17H24N2S/c1-3-8-18-11-15(10-17-12-19-13-20-17)9-16-7-5-4-6-14(16)2/h4-7,12-13,15,18H,3,8-11H2,1-2H3. The van der Waals surface area contributed by atoms with Crippen LogP contribution in [0.1, 0.15) is 29.3 Å². The molecule has 0 saturated heterocycles. The summed E-state index contributed by atoms with van der Waals surface area (Å²) in [4.78, 5) is 5.59. The zero-order valence-electron chi connectivity index (χ0n) is 12.4. The zero-order chi connectivity index (χ0) is 14.2. The summed E-state index contributed by atoms with van der Waals surface area (Å²) in [6, 6.07) is 8.73. The highest BCUT2D eigenvalue weighted by Gasteiger charge is 2.12. The number of aryl methyl sites for hydroxylation is 1. The van der Waals surface area contributed by atoms with Crippen LogP contribution in [0.2, 0.25) is 0 Å². The Kier molecular flexibility index (Phi) is 6.22. The second kappa shape index (κ2) is 8.18. The first kappa shape index (κ1) is 15.2. The molecule has 0 aliphatic rings. The van der Waals surface area contributed by atoms with Gasteiger partial charge >= 0.3 is 0 Å². The van der Waals surface area contributed by atoms with E-state index in [0.29, 0.717) is 5.92 Å². The molecule has 0 spiro atoms. The molecule has 3 heteroatoms. The van der Waals surface area contributed by atoms with Crippen LogP contribution in [0.4, 0.5) is 0 Å². The molecule has 1 heterocycles. The SMILES string of the molecule is CCCNCC(Cc1cncs1)Cc1ccccc1C. The van der Waals surface area contributed by atoms with Gasteiger partial charge in [0.2, 0.25) is 0 Å². The smallest absolute Gasteiger partial charge is 0.0794 e. The third kappa shape index (κ3) is 4.73. The quantitative estimate of drug-likeness (QED) is 0.746. The molecule has 1 aromatic carbocycles. The molecule has 1 aromatic heterocycles. The van der Waals surface area contributed by atoms with Crippen molar-refractivity contribution in [3.63, 3.8) is 0 Å². The maximum atomic E-state index is 4.19. The van der Waals surface area contributed by atoms with E-state index >= 15 is 0 Å². The zero-order valence-corrected chi connectivity index (χ0v) is 13.2. The Labute approximate surface area is 126 Å². The molecule has 20 heavy (non-hydrogen) atoms. The second-order valence-electron chi connectivity index (χ2n) is 5.37. The lowest BCUT2D eigenvalue weighted by Gasteiger charge is -2.18. The van der Waals surface area contributed by atoms with Crippen molar-refractivity contribution in [1.29, 1.82) is 0 Å². The molecular formula is C17H24N2S. The largest absolute Gasteiger partial charge is 0.316 e. The van der Waals surface area contributed by atoms with Crippen molar-refractivity contribution >= 4 is 11.3 Å². The average molecular weight is 288 g/mol. The summed E-state index contributed by atoms with van der Waals surface area (Å²) in [5.74, 6) is 0.642. The molecule has 0 radical (unpaired) electrons. The van der Waals surface area contributed by atoms with Gasteiger partial charge in [0, 0.05) is 11.1 Å². The number of benzene rings is 1. The van der Waals surface area contributed by atoms with Crippen molar-refractivity contribution < 1.29 is 0 Å². The normalized spacial score (nSPS) is 12.5. The number of hydrogen-bond acceptors (Lipinski definition) is 3. The summed E-state index contributed by atoms with van der Waals surface area (Å²) in [6.07, 6.45) is 5.46. The van der Waals surface area contributed by atoms with Crippen molar-refractivity contribution in [1.82, 2.24) is 10.3 Å². The predicted octanol–water partition coefficient (Wildman–Crippen LogP) is 3.85. The second-order valence-corrected chi connectivity index (χ2v) is 6.34. The van der Waals surface area contributed by atoms with E-state index in [1.54, 1.807) is 11.3 Å². The first-order valence-electron chi connectivity index (χ1n) is 7.42. The lowest BCUT2D eigenvalue weighted by atomic mass is 9.93. The van der Waals surface area contributed by atoms with Gasteiger partial charge < -0.3 is 5.32 Å². The summed E-state index contributed by atoms with van der Waals surface area (Å²) in [6.45, 7) is 6.61. The molecule has 0 aliphatic heterocycles. The van der Waals surface area contributed by atoms with E-state index in [9.17, 15) is 0 Å². The van der Waals surface area contributed by atoms with Crippen molar-refractivity contribution in [2.45, 2.75) is 33.1 Å². The first-order chi connectivity index (χ1) is 9.79. The van der Waals surface area contributed by atoms with Gasteiger partial charge in [-0.1, -0.05) is 31.2 Å². The monoisotopic (exact) mass is 288 g/mol. The molecule has 1 N–H and O–H groups in total. The van der Waals surface area contributed by atoms with Crippen LogP contribution in [0, 0.1) is 12.8 Å². The molecule has 0 saturated carbocycles. The summed E-state index contributed by atoms with van der Waals surface area (Å²) in [7, 11) is 0. The fourth-order valence-electron chi connectivity index (χ4n) is 2.48. The highest BCUT2D eigenvalue weighted by Crippen LogP contribution is 2.18. The summed E-state index contributed by atoms with van der Waals surface area (Å²) >= 11 is 1.77. The predicted molar refractivity (Wildman–Crippen MR) is 87.4 cm³/mol. The Balaban J connectivity index is 1.99. The third-order valence-electron chi connectivity index (χ3n) is 3.60. The molecule has 0 amide bonds. The molecular weight excluding hydrogens is 264 g/mol. The van der Waals surface area contributed by atoms with Gasteiger partial charge in [-0.3, -0.25) is 4.98 Å². The molecule has 2 aromatic rings. The Morgan fingerprint density at radius 3 is 2.80 bits per heavy atom. The van der Waals surface area contributed by atoms with Gasteiger partial charge in [0.05, 0.1) is 5.51 Å². The Morgan fingerprint density at radius 2 is 2.10 bits per heavy atom. The van der Waals surface area contributed by atoms with E-state index < -0.39 is 0 Å². The van der Waals surface area contributed by atoms with Crippen molar-refractivity contribution in [3.05, 3.63) is 52.0 Å². The van der Waals surface area contributed by atoms with Gasteiger partial charge in [0.1, 0.15) is 0 Å². The minimum Gasteiger partial charge on any atom is -0.316 e. The molecule has 2 rings (SSSR count). The van der Waals surface area contributed by atoms with Gasteiger partial charge in [-0.05, 0) is 56.3 Å². The van der Waals surface area contributed by atoms with Crippen molar-refractivity contribution in [2.24, 2.45) is 5.92 Å². The van der Waals surface area contributed by atoms with Crippen LogP contribution < -0.4 is 5.32 Å². The van der Waals surface area contributed by atoms with E-state index in [-0.39, 0.29) is 0 Å². The summed E-state index contributed by atoms with van der Waals surface area (Å²) in [5, 5.41) is 3.57. The summed E-state index contributed by atoms with van der Waals surface area (Å²) < 4.78 is 0. The number of rotatable bonds is 8. The maximum Gasteiger partial charge on any atom is 0.0794 e. The van der Waals surface area contributed by atoms with Crippen LogP contribution in [0.25, 0.3) is 0 Å². The van der Waals surface area contributed by atoms with E-state index in [0.717, 1.165) is 25.9 Å². The first-order valence-corrected chi connectivity index (χ1v) is 8.30. The minimum atomic E-state index is 0.642. The van der Waals surface area contributed by atoms with E-state index in [4.69, 9.17) is 0 Å². The highest BCUT2D eigenvalue weighted by atomic mass is 32.1. The Morgan fingerprint density at radius 1 is 1.25 bits per heavy atom. The van der Waals surface area contributed by atoms with Crippen molar-refractivity contribution in [2.75, 3.05) is 13.1 Å². The molecule has 0 fully saturated rings. The van der Waals surface area contributed by atoms with E-state index in [1.165, 1.54) is 22.4 Å². The van der Waals surface area contributed by atoms with Crippen LogP contribution in [-0.2, 0) is 12.8 Å². The molecule has 108 valence electrons. The van der Waals surface area contributed by atoms with Crippen LogP contribution in [0.15, 0.2) is 36.0 Å². The number of nitrogens with zero attached hydrogens (tertiary/aromatic N) is 1. The fraction of sp³-hybridized carbons (Fsp3) is 0.471. The van der Waals surface area contributed by atoms with Crippen LogP contribution in [0.5, 0.6) is 0 Å². The fourth-order valence-corrected chi connectivity index (χ4v) is 3.19. The number of thiazole rings is 1. The molecule has 2 nitrogen and oxygen atoms in total. The molecule has 0 bridgehead atoms. The number of hydrogen-bond donors (Lipinski definition) is 1. The van der Waals surface area contributed by atoms with Crippen molar-refractivity contribution in [3.8, 4) is 0 Å². The Hall–Kier alpha value is -1.19. The average Bonchev–Trinajstić information content (AvgIpc) is 2.94. The van der Waals surface area contributed by atoms with Crippen LogP contribution in [-0.4, -0.2) is 18.1 Å². The van der Waals surface area contributed by atoms with Gasteiger partial charge in [0.25, 0.3) is 0 Å². The summed E-state index contributed by atoms with van der Waals surface area (Å²) in [5.41, 5.74) is 4.80. The minimum absolute atomic E-state index is 0.642. The number of aromatic nitrogens is 1. The maximum absolute atomic E-state index is 4.19. The molecule has 1 unspecified atom stereocenters. The number of nitrogens with one attached hydrogen (secondary N) is 1. The Bertz CT molecular complexity index is 493. The van der Waals surface area contributed by atoms with Gasteiger partial charge in [-0.15, -0.1) is 11.3 Å². The third-order valence-corrected chi connectivity index (χ3v) is 4.40. The molecule has 1 atom stereocenters. The van der Waals surface area contributed by atoms with E-state index in [2.05, 4.69) is 48.4 Å². The lowest BCUT2D eigenvalue weighted by molar-refractivity contribution is 0.472. The molecule has 0 aliphatic carbocycles. The van der Waals surface area contributed by atoms with Gasteiger partial charge in [-0.2, -0.15) is 0 Å². The van der Waals surface area contributed by atoms with Crippen LogP contribution in [0.3, 0.4) is 0 Å². The van der Waals surface area contributed by atoms with Gasteiger partial charge in [-0.25, -0.2) is 0 Å². The van der Waals surface area contributed by atoms with Gasteiger partial charge in [0.15, 0.2) is 0 Å². The topological polar surface area (TPSA) is 24.9 Å². The highest BCUT2D eigenvalue weighted by molar-refractivity contribution is 7.09. The lowest BCUT2D eigenvalue weighted by Crippen LogP contribution is -2.26.